The number of pyridine rings is 1. The molecule has 30 heavy (non-hydrogen) atoms. The highest BCUT2D eigenvalue weighted by Crippen LogP contribution is 2.30. The number of amides is 2. The first-order valence-electron chi connectivity index (χ1n) is 9.40. The summed E-state index contributed by atoms with van der Waals surface area (Å²) in [6.45, 7) is 0.182. The van der Waals surface area contributed by atoms with Gasteiger partial charge in [0, 0.05) is 31.1 Å². The lowest BCUT2D eigenvalue weighted by Crippen LogP contribution is -2.28. The zero-order valence-corrected chi connectivity index (χ0v) is 15.8. The summed E-state index contributed by atoms with van der Waals surface area (Å²) in [6, 6.07) is 14.0. The van der Waals surface area contributed by atoms with E-state index in [1.807, 2.05) is 12.1 Å². The summed E-state index contributed by atoms with van der Waals surface area (Å²) >= 11 is 0. The number of likely N-dealkylation sites (tertiary alicyclic amines) is 1. The number of alkyl halides is 3. The summed E-state index contributed by atoms with van der Waals surface area (Å²) < 4.78 is 38.7. The van der Waals surface area contributed by atoms with Crippen LogP contribution in [0.4, 0.5) is 18.9 Å². The Morgan fingerprint density at radius 3 is 2.70 bits per heavy atom. The van der Waals surface area contributed by atoms with E-state index in [1.165, 1.54) is 17.0 Å². The third-order valence-electron chi connectivity index (χ3n) is 5.10. The van der Waals surface area contributed by atoms with Crippen molar-refractivity contribution in [2.75, 3.05) is 11.9 Å². The summed E-state index contributed by atoms with van der Waals surface area (Å²) in [5.41, 5.74) is 0.822. The van der Waals surface area contributed by atoms with Crippen molar-refractivity contribution in [3.05, 3.63) is 71.9 Å². The van der Waals surface area contributed by atoms with Gasteiger partial charge in [0.25, 0.3) is 0 Å². The number of rotatable bonds is 4. The van der Waals surface area contributed by atoms with Gasteiger partial charge in [-0.25, -0.2) is 0 Å². The maximum atomic E-state index is 12.9. The van der Waals surface area contributed by atoms with E-state index in [0.717, 1.165) is 17.5 Å². The Morgan fingerprint density at radius 1 is 1.13 bits per heavy atom. The average Bonchev–Trinajstić information content (AvgIpc) is 3.08. The highest BCUT2D eigenvalue weighted by molar-refractivity contribution is 6.02. The fourth-order valence-corrected chi connectivity index (χ4v) is 3.61. The molecule has 0 saturated carbocycles. The number of carbonyl (C=O) groups excluding carboxylic acids is 2. The molecule has 1 N–H and O–H groups in total. The van der Waals surface area contributed by atoms with Crippen LogP contribution in [0.2, 0.25) is 0 Å². The molecule has 3 aromatic rings. The Bertz CT molecular complexity index is 1110. The number of halogens is 3. The van der Waals surface area contributed by atoms with Gasteiger partial charge >= 0.3 is 6.18 Å². The summed E-state index contributed by atoms with van der Waals surface area (Å²) in [5.74, 6) is -1.15. The van der Waals surface area contributed by atoms with Crippen molar-refractivity contribution in [3.63, 3.8) is 0 Å². The lowest BCUT2D eigenvalue weighted by molar-refractivity contribution is -0.137. The maximum absolute atomic E-state index is 12.9. The lowest BCUT2D eigenvalue weighted by atomic mass is 10.1. The molecule has 2 heterocycles. The monoisotopic (exact) mass is 413 g/mol. The number of carbonyl (C=O) groups is 2. The van der Waals surface area contributed by atoms with Gasteiger partial charge in [0.05, 0.1) is 22.7 Å². The zero-order valence-electron chi connectivity index (χ0n) is 15.8. The second kappa shape index (κ2) is 7.78. The molecule has 1 fully saturated rings. The molecule has 8 heteroatoms. The van der Waals surface area contributed by atoms with Crippen LogP contribution in [0.15, 0.2) is 60.8 Å². The highest BCUT2D eigenvalue weighted by Gasteiger charge is 2.35. The Labute approximate surface area is 170 Å². The molecule has 1 aromatic heterocycles. The van der Waals surface area contributed by atoms with Gasteiger partial charge in [-0.3, -0.25) is 14.6 Å². The number of para-hydroxylation sites is 1. The molecule has 0 radical (unpaired) electrons. The first kappa shape index (κ1) is 19.9. The number of fused-ring (bicyclic) bond motifs is 1. The van der Waals surface area contributed by atoms with Gasteiger partial charge in [0.1, 0.15) is 0 Å². The van der Waals surface area contributed by atoms with E-state index >= 15 is 0 Å². The van der Waals surface area contributed by atoms with Crippen LogP contribution in [0.5, 0.6) is 0 Å². The van der Waals surface area contributed by atoms with Gasteiger partial charge in [-0.15, -0.1) is 0 Å². The number of anilines is 1. The van der Waals surface area contributed by atoms with Gasteiger partial charge in [0.2, 0.25) is 11.8 Å². The third kappa shape index (κ3) is 4.12. The predicted octanol–water partition coefficient (Wildman–Crippen LogP) is 4.24. The van der Waals surface area contributed by atoms with Gasteiger partial charge in [-0.2, -0.15) is 13.2 Å². The van der Waals surface area contributed by atoms with Crippen LogP contribution in [0.1, 0.15) is 17.5 Å². The van der Waals surface area contributed by atoms with Gasteiger partial charge in [0.15, 0.2) is 0 Å². The standard InChI is InChI=1S/C22H18F3N3O2/c23-22(24,25)17-7-1-4-14(10-17)12-28-13-16(11-19(28)29)21(30)27-18-8-2-5-15-6-3-9-26-20(15)18/h1-10,16H,11-13H2,(H,27,30)/t16-/m0/s1. The van der Waals surface area contributed by atoms with Crippen molar-refractivity contribution in [3.8, 4) is 0 Å². The maximum Gasteiger partial charge on any atom is 0.416 e. The van der Waals surface area contributed by atoms with Crippen LogP contribution in [-0.2, 0) is 22.3 Å². The molecule has 0 bridgehead atoms. The Balaban J connectivity index is 1.45. The minimum Gasteiger partial charge on any atom is -0.338 e. The molecule has 4 rings (SSSR count). The van der Waals surface area contributed by atoms with E-state index in [4.69, 9.17) is 0 Å². The van der Waals surface area contributed by atoms with Crippen molar-refractivity contribution in [1.82, 2.24) is 9.88 Å². The van der Waals surface area contributed by atoms with Crippen LogP contribution >= 0.6 is 0 Å². The van der Waals surface area contributed by atoms with Crippen molar-refractivity contribution in [1.29, 1.82) is 0 Å². The van der Waals surface area contributed by atoms with E-state index in [1.54, 1.807) is 24.4 Å². The average molecular weight is 413 g/mol. The Kier molecular flexibility index (Phi) is 5.15. The highest BCUT2D eigenvalue weighted by atomic mass is 19.4. The van der Waals surface area contributed by atoms with Gasteiger partial charge in [-0.05, 0) is 29.8 Å². The predicted molar refractivity (Wildman–Crippen MR) is 105 cm³/mol. The van der Waals surface area contributed by atoms with Crippen molar-refractivity contribution < 1.29 is 22.8 Å². The summed E-state index contributed by atoms with van der Waals surface area (Å²) in [5, 5.41) is 3.71. The number of hydrogen-bond acceptors (Lipinski definition) is 3. The van der Waals surface area contributed by atoms with E-state index in [0.29, 0.717) is 16.8 Å². The van der Waals surface area contributed by atoms with Crippen molar-refractivity contribution >= 4 is 28.4 Å². The number of nitrogens with zero attached hydrogens (tertiary/aromatic N) is 2. The normalized spacial score (nSPS) is 16.8. The summed E-state index contributed by atoms with van der Waals surface area (Å²) in [6.07, 6.45) is -2.79. The minimum absolute atomic E-state index is 0.0169. The smallest absolute Gasteiger partial charge is 0.338 e. The second-order valence-electron chi connectivity index (χ2n) is 7.24. The molecule has 0 aliphatic carbocycles. The van der Waals surface area contributed by atoms with Gasteiger partial charge in [-0.1, -0.05) is 30.3 Å². The molecule has 2 amide bonds. The first-order chi connectivity index (χ1) is 14.3. The minimum atomic E-state index is -4.44. The lowest BCUT2D eigenvalue weighted by Gasteiger charge is -2.18. The molecule has 1 saturated heterocycles. The van der Waals surface area contributed by atoms with Crippen LogP contribution in [0, 0.1) is 5.92 Å². The topological polar surface area (TPSA) is 62.3 Å². The number of benzene rings is 2. The largest absolute Gasteiger partial charge is 0.416 e. The SMILES string of the molecule is O=C(Nc1cccc2cccnc12)[C@H]1CC(=O)N(Cc2cccc(C(F)(F)F)c2)C1. The van der Waals surface area contributed by atoms with E-state index < -0.39 is 17.7 Å². The second-order valence-corrected chi connectivity index (χ2v) is 7.24. The quantitative estimate of drug-likeness (QED) is 0.696. The van der Waals surface area contributed by atoms with Crippen LogP contribution < -0.4 is 5.32 Å². The number of hydrogen-bond donors (Lipinski definition) is 1. The molecule has 2 aromatic carbocycles. The molecule has 1 aliphatic rings. The summed E-state index contributed by atoms with van der Waals surface area (Å²) in [7, 11) is 0. The Hall–Kier alpha value is -3.42. The van der Waals surface area contributed by atoms with E-state index in [2.05, 4.69) is 10.3 Å². The molecule has 5 nitrogen and oxygen atoms in total. The summed E-state index contributed by atoms with van der Waals surface area (Å²) in [4.78, 5) is 30.8. The van der Waals surface area contributed by atoms with E-state index in [9.17, 15) is 22.8 Å². The molecule has 0 spiro atoms. The number of nitrogens with one attached hydrogen (secondary N) is 1. The first-order valence-corrected chi connectivity index (χ1v) is 9.40. The van der Waals surface area contributed by atoms with Crippen LogP contribution in [-0.4, -0.2) is 28.2 Å². The molecule has 1 aliphatic heterocycles. The van der Waals surface area contributed by atoms with E-state index in [-0.39, 0.29) is 31.3 Å². The Morgan fingerprint density at radius 2 is 1.90 bits per heavy atom. The molecule has 0 unspecified atom stereocenters. The fraction of sp³-hybridized carbons (Fsp3) is 0.227. The van der Waals surface area contributed by atoms with Crippen LogP contribution in [0.25, 0.3) is 10.9 Å². The van der Waals surface area contributed by atoms with Crippen LogP contribution in [0.3, 0.4) is 0 Å². The fourth-order valence-electron chi connectivity index (χ4n) is 3.61. The molecule has 154 valence electrons. The van der Waals surface area contributed by atoms with Gasteiger partial charge < -0.3 is 10.2 Å². The molecule has 1 atom stereocenters. The number of aromatic nitrogens is 1. The third-order valence-corrected chi connectivity index (χ3v) is 5.10. The molecular formula is C22H18F3N3O2. The molecular weight excluding hydrogens is 395 g/mol. The van der Waals surface area contributed by atoms with Crippen molar-refractivity contribution in [2.24, 2.45) is 5.92 Å². The van der Waals surface area contributed by atoms with Crippen molar-refractivity contribution in [2.45, 2.75) is 19.1 Å². The zero-order chi connectivity index (χ0) is 21.3.